The van der Waals surface area contributed by atoms with Gasteiger partial charge in [0, 0.05) is 45.4 Å². The summed E-state index contributed by atoms with van der Waals surface area (Å²) in [5.41, 5.74) is 1.65. The molecule has 2 N–H and O–H groups in total. The van der Waals surface area contributed by atoms with Crippen molar-refractivity contribution in [3.05, 3.63) is 29.6 Å². The summed E-state index contributed by atoms with van der Waals surface area (Å²) < 4.78 is 69.2. The van der Waals surface area contributed by atoms with Gasteiger partial charge in [-0.15, -0.1) is 0 Å². The van der Waals surface area contributed by atoms with Gasteiger partial charge in [0.15, 0.2) is 0 Å². The van der Waals surface area contributed by atoms with Gasteiger partial charge >= 0.3 is 24.3 Å². The van der Waals surface area contributed by atoms with Crippen LogP contribution in [0.4, 0.5) is 26.3 Å². The second kappa shape index (κ2) is 12.7. The standard InChI is InChI=1S/C19H27N3O2.2C2HF3O2/c1-13-3-6-16(20-9-13)19(23)22-8-7-18(24-2)15-11-21(12-17(15)22)10-14-4-5-14;2*3-2(4,5)1(6)7/h3,6,9,14-15,17-18H,4-5,7-8,10-12H2,1-2H3;2*(H,6,7)/t15-,17+,18-;;/m0../s1. The molecule has 0 aromatic carbocycles. The van der Waals surface area contributed by atoms with Crippen LogP contribution in [0, 0.1) is 18.8 Å². The Kier molecular flexibility index (Phi) is 10.5. The van der Waals surface area contributed by atoms with Crippen molar-refractivity contribution >= 4 is 17.8 Å². The molecule has 1 aliphatic carbocycles. The molecule has 0 radical (unpaired) electrons. The number of carboxylic acid groups (broad SMARTS) is 2. The van der Waals surface area contributed by atoms with E-state index in [2.05, 4.69) is 14.8 Å². The molecule has 3 aliphatic rings. The predicted molar refractivity (Wildman–Crippen MR) is 119 cm³/mol. The number of carbonyl (C=O) groups is 3. The molecule has 4 rings (SSSR count). The van der Waals surface area contributed by atoms with Crippen LogP contribution in [0.15, 0.2) is 18.3 Å². The number of rotatable bonds is 4. The third-order valence-electron chi connectivity index (χ3n) is 6.33. The number of likely N-dealkylation sites (tertiary alicyclic amines) is 2. The number of aromatic nitrogens is 1. The number of methoxy groups -OCH3 is 1. The number of aliphatic carboxylic acids is 2. The summed E-state index contributed by atoms with van der Waals surface area (Å²) in [7, 11) is 1.81. The number of alkyl halides is 6. The van der Waals surface area contributed by atoms with Crippen molar-refractivity contribution in [1.29, 1.82) is 0 Å². The maximum atomic E-state index is 13.0. The van der Waals surface area contributed by atoms with Crippen molar-refractivity contribution in [1.82, 2.24) is 14.8 Å². The van der Waals surface area contributed by atoms with Crippen LogP contribution in [0.25, 0.3) is 0 Å². The highest BCUT2D eigenvalue weighted by atomic mass is 19.4. The second-order valence-electron chi connectivity index (χ2n) is 9.28. The molecule has 214 valence electrons. The van der Waals surface area contributed by atoms with Crippen LogP contribution in [0.5, 0.6) is 0 Å². The summed E-state index contributed by atoms with van der Waals surface area (Å²) in [6.45, 7) is 6.00. The first-order valence-electron chi connectivity index (χ1n) is 11.6. The van der Waals surface area contributed by atoms with E-state index in [1.165, 1.54) is 19.4 Å². The van der Waals surface area contributed by atoms with Gasteiger partial charge in [-0.3, -0.25) is 9.78 Å². The molecule has 0 unspecified atom stereocenters. The van der Waals surface area contributed by atoms with Crippen LogP contribution in [0.3, 0.4) is 0 Å². The molecule has 38 heavy (non-hydrogen) atoms. The van der Waals surface area contributed by atoms with Crippen LogP contribution in [0.2, 0.25) is 0 Å². The zero-order valence-electron chi connectivity index (χ0n) is 20.6. The molecule has 3 fully saturated rings. The first-order chi connectivity index (χ1) is 17.5. The number of hydrogen-bond acceptors (Lipinski definition) is 6. The number of amides is 1. The summed E-state index contributed by atoms with van der Waals surface area (Å²) >= 11 is 0. The number of carbonyl (C=O) groups excluding carboxylic acids is 1. The molecule has 0 spiro atoms. The Morgan fingerprint density at radius 2 is 1.55 bits per heavy atom. The number of hydrogen-bond donors (Lipinski definition) is 2. The van der Waals surface area contributed by atoms with E-state index >= 15 is 0 Å². The van der Waals surface area contributed by atoms with Gasteiger partial charge in [-0.1, -0.05) is 6.07 Å². The first kappa shape index (κ1) is 31.3. The van der Waals surface area contributed by atoms with Crippen LogP contribution in [-0.2, 0) is 14.3 Å². The van der Waals surface area contributed by atoms with Crippen molar-refractivity contribution < 1.29 is 55.7 Å². The van der Waals surface area contributed by atoms with Gasteiger partial charge in [0.1, 0.15) is 5.69 Å². The van der Waals surface area contributed by atoms with Crippen LogP contribution >= 0.6 is 0 Å². The second-order valence-corrected chi connectivity index (χ2v) is 9.28. The van der Waals surface area contributed by atoms with Crippen molar-refractivity contribution in [2.45, 2.75) is 50.7 Å². The molecule has 0 bridgehead atoms. The number of nitrogens with zero attached hydrogens (tertiary/aromatic N) is 3. The fourth-order valence-electron chi connectivity index (χ4n) is 4.34. The SMILES string of the molecule is CO[C@H]1CCN(C(=O)c2ccc(C)cn2)[C@@H]2CN(CC3CC3)C[C@H]12.O=C(O)C(F)(F)F.O=C(O)C(F)(F)F. The van der Waals surface area contributed by atoms with E-state index in [0.717, 1.165) is 37.5 Å². The minimum absolute atomic E-state index is 0.0767. The van der Waals surface area contributed by atoms with Crippen molar-refractivity contribution in [3.63, 3.8) is 0 Å². The summed E-state index contributed by atoms with van der Waals surface area (Å²) in [5, 5.41) is 14.2. The Hall–Kier alpha value is -2.94. The average Bonchev–Trinajstić information content (AvgIpc) is 3.53. The molecule has 2 aliphatic heterocycles. The lowest BCUT2D eigenvalue weighted by molar-refractivity contribution is -0.193. The number of piperidine rings is 1. The van der Waals surface area contributed by atoms with Gasteiger partial charge in [-0.25, -0.2) is 9.59 Å². The molecular formula is C23H29F6N3O6. The summed E-state index contributed by atoms with van der Waals surface area (Å²) in [6, 6.07) is 4.08. The Balaban J connectivity index is 0.000000301. The van der Waals surface area contributed by atoms with E-state index in [4.69, 9.17) is 24.5 Å². The predicted octanol–water partition coefficient (Wildman–Crippen LogP) is 3.23. The van der Waals surface area contributed by atoms with E-state index in [0.29, 0.717) is 11.6 Å². The van der Waals surface area contributed by atoms with Gasteiger partial charge in [-0.2, -0.15) is 26.3 Å². The zero-order valence-corrected chi connectivity index (χ0v) is 20.6. The highest BCUT2D eigenvalue weighted by Crippen LogP contribution is 2.36. The van der Waals surface area contributed by atoms with Crippen LogP contribution in [-0.4, -0.2) is 101 Å². The smallest absolute Gasteiger partial charge is 0.475 e. The lowest BCUT2D eigenvalue weighted by atomic mass is 9.88. The summed E-state index contributed by atoms with van der Waals surface area (Å²) in [5.74, 6) is -4.13. The van der Waals surface area contributed by atoms with Gasteiger partial charge in [0.05, 0.1) is 12.1 Å². The van der Waals surface area contributed by atoms with Crippen LogP contribution < -0.4 is 0 Å². The lowest BCUT2D eigenvalue weighted by Crippen LogP contribution is -2.53. The van der Waals surface area contributed by atoms with E-state index in [9.17, 15) is 31.1 Å². The fourth-order valence-corrected chi connectivity index (χ4v) is 4.34. The van der Waals surface area contributed by atoms with Gasteiger partial charge in [0.2, 0.25) is 0 Å². The average molecular weight is 557 g/mol. The van der Waals surface area contributed by atoms with E-state index < -0.39 is 24.3 Å². The van der Waals surface area contributed by atoms with Crippen molar-refractivity contribution in [3.8, 4) is 0 Å². The summed E-state index contributed by atoms with van der Waals surface area (Å²) in [4.78, 5) is 39.7. The quantitative estimate of drug-likeness (QED) is 0.542. The monoisotopic (exact) mass is 557 g/mol. The van der Waals surface area contributed by atoms with E-state index in [1.54, 1.807) is 6.20 Å². The third-order valence-corrected chi connectivity index (χ3v) is 6.33. The molecule has 9 nitrogen and oxygen atoms in total. The number of aryl methyl sites for hydroxylation is 1. The topological polar surface area (TPSA) is 120 Å². The third kappa shape index (κ3) is 9.11. The zero-order chi connectivity index (χ0) is 28.8. The minimum Gasteiger partial charge on any atom is -0.475 e. The van der Waals surface area contributed by atoms with Gasteiger partial charge in [0.25, 0.3) is 5.91 Å². The highest BCUT2D eigenvalue weighted by molar-refractivity contribution is 5.92. The molecule has 2 saturated heterocycles. The number of fused-ring (bicyclic) bond motifs is 1. The summed E-state index contributed by atoms with van der Waals surface area (Å²) in [6.07, 6.45) is -4.45. The van der Waals surface area contributed by atoms with E-state index in [-0.39, 0.29) is 18.1 Å². The molecule has 3 atom stereocenters. The maximum absolute atomic E-state index is 13.0. The van der Waals surface area contributed by atoms with Crippen molar-refractivity contribution in [2.75, 3.05) is 33.3 Å². The Bertz CT molecular complexity index is 944. The van der Waals surface area contributed by atoms with E-state index in [1.807, 2.05) is 26.2 Å². The molecule has 3 heterocycles. The largest absolute Gasteiger partial charge is 0.490 e. The Labute approximate surface area is 214 Å². The minimum atomic E-state index is -5.08. The Morgan fingerprint density at radius 1 is 1.00 bits per heavy atom. The number of pyridine rings is 1. The lowest BCUT2D eigenvalue weighted by Gasteiger charge is -2.41. The maximum Gasteiger partial charge on any atom is 0.490 e. The molecule has 1 aromatic rings. The molecule has 1 aromatic heterocycles. The van der Waals surface area contributed by atoms with Crippen molar-refractivity contribution in [2.24, 2.45) is 11.8 Å². The molecule has 15 heteroatoms. The molecule has 1 amide bonds. The molecular weight excluding hydrogens is 528 g/mol. The first-order valence-corrected chi connectivity index (χ1v) is 11.6. The highest BCUT2D eigenvalue weighted by Gasteiger charge is 2.47. The van der Waals surface area contributed by atoms with Gasteiger partial charge in [-0.05, 0) is 43.7 Å². The fraction of sp³-hybridized carbons (Fsp3) is 0.652. The normalized spacial score (nSPS) is 23.4. The van der Waals surface area contributed by atoms with Gasteiger partial charge < -0.3 is 24.7 Å². The van der Waals surface area contributed by atoms with Crippen LogP contribution in [0.1, 0.15) is 35.3 Å². The number of carboxylic acids is 2. The molecule has 1 saturated carbocycles. The number of halogens is 6. The Morgan fingerprint density at radius 3 is 1.97 bits per heavy atom. The number of ether oxygens (including phenoxy) is 1.